The SMILES string of the molecule is CCn1c2ccccc2c2cc(NC(=O)c3ccc(CSc4ccc(Cl)cc4)cc3)ccc21. The maximum Gasteiger partial charge on any atom is 0.255 e. The van der Waals surface area contributed by atoms with Gasteiger partial charge in [0.05, 0.1) is 0 Å². The zero-order chi connectivity index (χ0) is 22.8. The molecule has 0 atom stereocenters. The highest BCUT2D eigenvalue weighted by Crippen LogP contribution is 2.31. The summed E-state index contributed by atoms with van der Waals surface area (Å²) < 4.78 is 2.30. The molecule has 0 radical (unpaired) electrons. The number of para-hydroxylation sites is 1. The van der Waals surface area contributed by atoms with Gasteiger partial charge in [0.1, 0.15) is 0 Å². The lowest BCUT2D eigenvalue weighted by molar-refractivity contribution is 0.102. The van der Waals surface area contributed by atoms with Gasteiger partial charge in [0, 0.05) is 55.3 Å². The van der Waals surface area contributed by atoms with Gasteiger partial charge in [-0.2, -0.15) is 0 Å². The van der Waals surface area contributed by atoms with E-state index in [0.717, 1.165) is 28.4 Å². The first-order chi connectivity index (χ1) is 16.1. The van der Waals surface area contributed by atoms with Gasteiger partial charge in [0.25, 0.3) is 5.91 Å². The third kappa shape index (κ3) is 4.50. The Morgan fingerprint density at radius 3 is 2.36 bits per heavy atom. The number of anilines is 1. The molecular weight excluding hydrogens is 448 g/mol. The first kappa shape index (κ1) is 21.6. The number of thioether (sulfide) groups is 1. The van der Waals surface area contributed by atoms with Crippen LogP contribution in [-0.2, 0) is 12.3 Å². The van der Waals surface area contributed by atoms with Crippen molar-refractivity contribution in [2.24, 2.45) is 0 Å². The normalized spacial score (nSPS) is 11.2. The van der Waals surface area contributed by atoms with E-state index >= 15 is 0 Å². The van der Waals surface area contributed by atoms with Crippen LogP contribution in [0.15, 0.2) is 95.9 Å². The minimum absolute atomic E-state index is 0.106. The number of hydrogen-bond donors (Lipinski definition) is 1. The fourth-order valence-corrected chi connectivity index (χ4v) is 5.11. The molecule has 0 aliphatic carbocycles. The summed E-state index contributed by atoms with van der Waals surface area (Å²) in [5, 5.41) is 6.15. The van der Waals surface area contributed by atoms with E-state index in [1.807, 2.05) is 54.6 Å². The maximum absolute atomic E-state index is 12.9. The number of halogens is 1. The Morgan fingerprint density at radius 1 is 0.879 bits per heavy atom. The van der Waals surface area contributed by atoms with Crippen LogP contribution in [0.25, 0.3) is 21.8 Å². The van der Waals surface area contributed by atoms with Crippen LogP contribution in [0.5, 0.6) is 0 Å². The van der Waals surface area contributed by atoms with Crippen LogP contribution in [-0.4, -0.2) is 10.5 Å². The first-order valence-corrected chi connectivity index (χ1v) is 12.3. The van der Waals surface area contributed by atoms with Gasteiger partial charge in [-0.15, -0.1) is 11.8 Å². The van der Waals surface area contributed by atoms with Crippen molar-refractivity contribution < 1.29 is 4.79 Å². The summed E-state index contributed by atoms with van der Waals surface area (Å²) in [5.41, 5.74) is 5.00. The number of nitrogens with zero attached hydrogens (tertiary/aromatic N) is 1. The topological polar surface area (TPSA) is 34.0 Å². The molecule has 5 rings (SSSR count). The average molecular weight is 471 g/mol. The monoisotopic (exact) mass is 470 g/mol. The van der Waals surface area contributed by atoms with E-state index in [4.69, 9.17) is 11.6 Å². The predicted molar refractivity (Wildman–Crippen MR) is 141 cm³/mol. The third-order valence-corrected chi connectivity index (χ3v) is 7.12. The summed E-state index contributed by atoms with van der Waals surface area (Å²) in [6.45, 7) is 3.05. The molecule has 0 unspecified atom stereocenters. The molecule has 1 heterocycles. The average Bonchev–Trinajstić information content (AvgIpc) is 3.17. The predicted octanol–water partition coefficient (Wildman–Crippen LogP) is 8.01. The highest BCUT2D eigenvalue weighted by Gasteiger charge is 2.12. The van der Waals surface area contributed by atoms with E-state index in [0.29, 0.717) is 5.56 Å². The van der Waals surface area contributed by atoms with Gasteiger partial charge in [-0.3, -0.25) is 4.79 Å². The Morgan fingerprint density at radius 2 is 1.61 bits per heavy atom. The van der Waals surface area contributed by atoms with Crippen molar-refractivity contribution in [1.82, 2.24) is 4.57 Å². The minimum atomic E-state index is -0.106. The Labute approximate surface area is 202 Å². The van der Waals surface area contributed by atoms with Crippen LogP contribution in [0.1, 0.15) is 22.8 Å². The number of aromatic nitrogens is 1. The van der Waals surface area contributed by atoms with Crippen molar-refractivity contribution in [2.45, 2.75) is 24.1 Å². The molecule has 0 bridgehead atoms. The molecule has 1 amide bonds. The Balaban J connectivity index is 1.31. The van der Waals surface area contributed by atoms with Gasteiger partial charge < -0.3 is 9.88 Å². The number of nitrogens with one attached hydrogen (secondary N) is 1. The Bertz CT molecular complexity index is 1440. The van der Waals surface area contributed by atoms with Crippen LogP contribution in [0, 0.1) is 0 Å². The summed E-state index contributed by atoms with van der Waals surface area (Å²) in [6, 6.07) is 30.1. The lowest BCUT2D eigenvalue weighted by atomic mass is 10.1. The molecule has 5 heteroatoms. The lowest BCUT2D eigenvalue weighted by Gasteiger charge is -2.08. The van der Waals surface area contributed by atoms with Crippen LogP contribution in [0.4, 0.5) is 5.69 Å². The minimum Gasteiger partial charge on any atom is -0.341 e. The molecule has 0 aliphatic rings. The highest BCUT2D eigenvalue weighted by molar-refractivity contribution is 7.98. The maximum atomic E-state index is 12.9. The summed E-state index contributed by atoms with van der Waals surface area (Å²) in [7, 11) is 0. The van der Waals surface area contributed by atoms with Crippen LogP contribution in [0.2, 0.25) is 5.02 Å². The second-order valence-corrected chi connectivity index (χ2v) is 9.37. The zero-order valence-corrected chi connectivity index (χ0v) is 19.8. The van der Waals surface area contributed by atoms with Crippen molar-refractivity contribution in [2.75, 3.05) is 5.32 Å². The molecule has 0 spiro atoms. The molecule has 1 N–H and O–H groups in total. The van der Waals surface area contributed by atoms with Crippen molar-refractivity contribution in [3.63, 3.8) is 0 Å². The number of hydrogen-bond acceptors (Lipinski definition) is 2. The molecule has 0 saturated heterocycles. The summed E-state index contributed by atoms with van der Waals surface area (Å²) in [6.07, 6.45) is 0. The number of amides is 1. The van der Waals surface area contributed by atoms with Crippen LogP contribution in [0.3, 0.4) is 0 Å². The van der Waals surface area contributed by atoms with Crippen molar-refractivity contribution in [3.8, 4) is 0 Å². The second kappa shape index (κ2) is 9.34. The second-order valence-electron chi connectivity index (χ2n) is 7.89. The van der Waals surface area contributed by atoms with Crippen LogP contribution < -0.4 is 5.32 Å². The fourth-order valence-electron chi connectivity index (χ4n) is 4.13. The van der Waals surface area contributed by atoms with E-state index in [1.165, 1.54) is 26.9 Å². The molecule has 1 aromatic heterocycles. The van der Waals surface area contributed by atoms with E-state index in [-0.39, 0.29) is 5.91 Å². The van der Waals surface area contributed by atoms with E-state index < -0.39 is 0 Å². The molecule has 164 valence electrons. The number of fused-ring (bicyclic) bond motifs is 3. The first-order valence-electron chi connectivity index (χ1n) is 10.9. The Hall–Kier alpha value is -3.21. The molecule has 0 fully saturated rings. The molecule has 33 heavy (non-hydrogen) atoms. The lowest BCUT2D eigenvalue weighted by Crippen LogP contribution is -2.11. The zero-order valence-electron chi connectivity index (χ0n) is 18.2. The van der Waals surface area contributed by atoms with Gasteiger partial charge in [0.15, 0.2) is 0 Å². The number of aryl methyl sites for hydroxylation is 1. The van der Waals surface area contributed by atoms with Crippen molar-refractivity contribution in [1.29, 1.82) is 0 Å². The van der Waals surface area contributed by atoms with Gasteiger partial charge in [-0.05, 0) is 73.2 Å². The van der Waals surface area contributed by atoms with E-state index in [2.05, 4.69) is 53.2 Å². The molecule has 0 aliphatic heterocycles. The van der Waals surface area contributed by atoms with Crippen LogP contribution >= 0.6 is 23.4 Å². The summed E-state index contributed by atoms with van der Waals surface area (Å²) >= 11 is 7.69. The van der Waals surface area contributed by atoms with Gasteiger partial charge in [0.2, 0.25) is 0 Å². The largest absolute Gasteiger partial charge is 0.341 e. The quantitative estimate of drug-likeness (QED) is 0.255. The third-order valence-electron chi connectivity index (χ3n) is 5.78. The molecule has 0 saturated carbocycles. The molecular formula is C28H23ClN2OS. The number of carbonyl (C=O) groups is 1. The van der Waals surface area contributed by atoms with Gasteiger partial charge in [-0.1, -0.05) is 41.9 Å². The smallest absolute Gasteiger partial charge is 0.255 e. The summed E-state index contributed by atoms with van der Waals surface area (Å²) in [4.78, 5) is 14.0. The number of carbonyl (C=O) groups excluding carboxylic acids is 1. The Kier molecular flexibility index (Phi) is 6.12. The van der Waals surface area contributed by atoms with Crippen molar-refractivity contribution >= 4 is 56.8 Å². The van der Waals surface area contributed by atoms with Crippen molar-refractivity contribution in [3.05, 3.63) is 107 Å². The van der Waals surface area contributed by atoms with E-state index in [9.17, 15) is 4.79 Å². The molecule has 4 aromatic carbocycles. The fraction of sp³-hybridized carbons (Fsp3) is 0.107. The molecule has 5 aromatic rings. The van der Waals surface area contributed by atoms with E-state index in [1.54, 1.807) is 11.8 Å². The standard InChI is InChI=1S/C28H23ClN2OS/c1-2-31-26-6-4-3-5-24(26)25-17-22(13-16-27(25)31)30-28(32)20-9-7-19(8-10-20)18-33-23-14-11-21(29)12-15-23/h3-17H,2,18H2,1H3,(H,30,32). The van der Waals surface area contributed by atoms with Gasteiger partial charge >= 0.3 is 0 Å². The number of benzene rings is 4. The molecule has 3 nitrogen and oxygen atoms in total. The van der Waals surface area contributed by atoms with Gasteiger partial charge in [-0.25, -0.2) is 0 Å². The highest BCUT2D eigenvalue weighted by atomic mass is 35.5. The summed E-state index contributed by atoms with van der Waals surface area (Å²) in [5.74, 6) is 0.729. The number of rotatable bonds is 6.